The van der Waals surface area contributed by atoms with E-state index in [-0.39, 0.29) is 11.9 Å². The Morgan fingerprint density at radius 3 is 2.84 bits per heavy atom. The molecule has 1 heterocycles. The van der Waals surface area contributed by atoms with Gasteiger partial charge >= 0.3 is 0 Å². The van der Waals surface area contributed by atoms with E-state index in [1.54, 1.807) is 23.5 Å². The van der Waals surface area contributed by atoms with Crippen LogP contribution in [0.4, 0.5) is 4.39 Å². The molecule has 2 rings (SSSR count). The van der Waals surface area contributed by atoms with Gasteiger partial charge in [-0.05, 0) is 75.4 Å². The van der Waals surface area contributed by atoms with E-state index in [2.05, 4.69) is 45.0 Å². The van der Waals surface area contributed by atoms with Crippen molar-refractivity contribution in [2.75, 3.05) is 6.54 Å². The normalized spacial score (nSPS) is 12.6. The molecule has 1 aromatic heterocycles. The highest BCUT2D eigenvalue weighted by atomic mass is 79.9. The molecule has 0 fully saturated rings. The molecule has 102 valence electrons. The topological polar surface area (TPSA) is 12.0 Å². The summed E-state index contributed by atoms with van der Waals surface area (Å²) in [4.78, 5) is 0. The molecule has 0 bridgehead atoms. The summed E-state index contributed by atoms with van der Waals surface area (Å²) in [7, 11) is 0. The smallest absolute Gasteiger partial charge is 0.137 e. The summed E-state index contributed by atoms with van der Waals surface area (Å²) < 4.78 is 14.1. The van der Waals surface area contributed by atoms with Gasteiger partial charge in [-0.2, -0.15) is 11.3 Å². The van der Waals surface area contributed by atoms with Crippen molar-refractivity contribution in [3.8, 4) is 0 Å². The number of aryl methyl sites for hydroxylation is 1. The summed E-state index contributed by atoms with van der Waals surface area (Å²) in [6, 6.07) is 7.72. The average molecular weight is 342 g/mol. The predicted molar refractivity (Wildman–Crippen MR) is 83.2 cm³/mol. The van der Waals surface area contributed by atoms with Crippen molar-refractivity contribution >= 4 is 27.3 Å². The third-order valence-corrected chi connectivity index (χ3v) is 4.47. The third-order valence-electron chi connectivity index (χ3n) is 3.10. The molecular formula is C15H17BrFNS. The van der Waals surface area contributed by atoms with Crippen LogP contribution in [0.3, 0.4) is 0 Å². The Balaban J connectivity index is 2.07. The molecule has 0 aliphatic carbocycles. The highest BCUT2D eigenvalue weighted by molar-refractivity contribution is 9.10. The van der Waals surface area contributed by atoms with Gasteiger partial charge in [-0.1, -0.05) is 13.0 Å². The van der Waals surface area contributed by atoms with Crippen molar-refractivity contribution in [3.05, 3.63) is 56.4 Å². The second-order valence-corrected chi connectivity index (χ2v) is 6.09. The van der Waals surface area contributed by atoms with Gasteiger partial charge in [-0.3, -0.25) is 0 Å². The fraction of sp³-hybridized carbons (Fsp3) is 0.333. The van der Waals surface area contributed by atoms with Gasteiger partial charge in [0.2, 0.25) is 0 Å². The van der Waals surface area contributed by atoms with Crippen molar-refractivity contribution in [1.82, 2.24) is 5.32 Å². The van der Waals surface area contributed by atoms with Crippen LogP contribution in [0.5, 0.6) is 0 Å². The molecular weight excluding hydrogens is 325 g/mol. The first kappa shape index (κ1) is 14.7. The van der Waals surface area contributed by atoms with E-state index >= 15 is 0 Å². The molecule has 1 unspecified atom stereocenters. The lowest BCUT2D eigenvalue weighted by atomic mass is 10.00. The molecule has 1 N–H and O–H groups in total. The van der Waals surface area contributed by atoms with Crippen LogP contribution in [-0.4, -0.2) is 6.54 Å². The van der Waals surface area contributed by atoms with Gasteiger partial charge in [0.1, 0.15) is 5.82 Å². The molecule has 0 aliphatic rings. The number of benzene rings is 1. The largest absolute Gasteiger partial charge is 0.310 e. The Bertz CT molecular complexity index is 513. The number of thiophene rings is 1. The molecule has 0 aliphatic heterocycles. The van der Waals surface area contributed by atoms with Crippen LogP contribution in [0, 0.1) is 5.82 Å². The van der Waals surface area contributed by atoms with Crippen LogP contribution < -0.4 is 5.32 Å². The summed E-state index contributed by atoms with van der Waals surface area (Å²) in [6.45, 7) is 2.96. The standard InChI is InChI=1S/C15H17BrFNS/c1-2-18-15(6-3-11-7-8-19-10-11)12-4-5-13(16)14(17)9-12/h4-5,7-10,15,18H,2-3,6H2,1H3. The van der Waals surface area contributed by atoms with Gasteiger partial charge in [0.25, 0.3) is 0 Å². The van der Waals surface area contributed by atoms with E-state index in [0.717, 1.165) is 24.9 Å². The summed E-state index contributed by atoms with van der Waals surface area (Å²) in [6.07, 6.45) is 1.99. The Kier molecular flexibility index (Phi) is 5.55. The molecule has 2 aromatic rings. The quantitative estimate of drug-likeness (QED) is 0.785. The van der Waals surface area contributed by atoms with Gasteiger partial charge in [0.15, 0.2) is 0 Å². The molecule has 0 radical (unpaired) electrons. The SMILES string of the molecule is CCNC(CCc1ccsc1)c1ccc(Br)c(F)c1. The lowest BCUT2D eigenvalue weighted by Gasteiger charge is -2.18. The molecule has 1 atom stereocenters. The maximum atomic E-state index is 13.6. The van der Waals surface area contributed by atoms with Crippen LogP contribution in [0.15, 0.2) is 39.5 Å². The number of rotatable bonds is 6. The zero-order valence-electron chi connectivity index (χ0n) is 10.8. The Hall–Kier alpha value is -0.710. The van der Waals surface area contributed by atoms with Crippen molar-refractivity contribution in [2.45, 2.75) is 25.8 Å². The van der Waals surface area contributed by atoms with Gasteiger partial charge in [0, 0.05) is 6.04 Å². The van der Waals surface area contributed by atoms with E-state index in [0.29, 0.717) is 4.47 Å². The van der Waals surface area contributed by atoms with Crippen molar-refractivity contribution < 1.29 is 4.39 Å². The zero-order chi connectivity index (χ0) is 13.7. The first-order valence-electron chi connectivity index (χ1n) is 6.40. The Labute approximate surface area is 126 Å². The van der Waals surface area contributed by atoms with E-state index in [1.165, 1.54) is 5.56 Å². The minimum atomic E-state index is -0.198. The molecule has 1 nitrogen and oxygen atoms in total. The van der Waals surface area contributed by atoms with Crippen LogP contribution in [0.1, 0.15) is 30.5 Å². The molecule has 0 spiro atoms. The Morgan fingerprint density at radius 1 is 1.37 bits per heavy atom. The van der Waals surface area contributed by atoms with Gasteiger partial charge < -0.3 is 5.32 Å². The minimum Gasteiger partial charge on any atom is -0.310 e. The lowest BCUT2D eigenvalue weighted by molar-refractivity contribution is 0.510. The zero-order valence-corrected chi connectivity index (χ0v) is 13.2. The molecule has 0 saturated carbocycles. The fourth-order valence-corrected chi connectivity index (χ4v) is 3.06. The van der Waals surface area contributed by atoms with Gasteiger partial charge in [-0.15, -0.1) is 0 Å². The maximum absolute atomic E-state index is 13.6. The minimum absolute atomic E-state index is 0.198. The average Bonchev–Trinajstić information content (AvgIpc) is 2.91. The molecule has 0 amide bonds. The number of halogens is 2. The number of hydrogen-bond acceptors (Lipinski definition) is 2. The van der Waals surface area contributed by atoms with Crippen LogP contribution in [0.2, 0.25) is 0 Å². The van der Waals surface area contributed by atoms with Gasteiger partial charge in [0.05, 0.1) is 4.47 Å². The lowest BCUT2D eigenvalue weighted by Crippen LogP contribution is -2.21. The summed E-state index contributed by atoms with van der Waals surface area (Å²) >= 11 is 4.91. The van der Waals surface area contributed by atoms with E-state index < -0.39 is 0 Å². The molecule has 0 saturated heterocycles. The van der Waals surface area contributed by atoms with Crippen molar-refractivity contribution in [2.24, 2.45) is 0 Å². The van der Waals surface area contributed by atoms with Crippen LogP contribution in [0.25, 0.3) is 0 Å². The highest BCUT2D eigenvalue weighted by Gasteiger charge is 2.12. The summed E-state index contributed by atoms with van der Waals surface area (Å²) in [5, 5.41) is 7.70. The fourth-order valence-electron chi connectivity index (χ4n) is 2.11. The summed E-state index contributed by atoms with van der Waals surface area (Å²) in [5.74, 6) is -0.198. The van der Waals surface area contributed by atoms with E-state index in [9.17, 15) is 4.39 Å². The van der Waals surface area contributed by atoms with E-state index in [4.69, 9.17) is 0 Å². The second kappa shape index (κ2) is 7.17. The number of hydrogen-bond donors (Lipinski definition) is 1. The van der Waals surface area contributed by atoms with Crippen LogP contribution in [-0.2, 0) is 6.42 Å². The number of nitrogens with one attached hydrogen (secondary N) is 1. The van der Waals surface area contributed by atoms with E-state index in [1.807, 2.05) is 6.07 Å². The monoisotopic (exact) mass is 341 g/mol. The van der Waals surface area contributed by atoms with Crippen LogP contribution >= 0.6 is 27.3 Å². The predicted octanol–water partition coefficient (Wildman–Crippen LogP) is 4.93. The molecule has 19 heavy (non-hydrogen) atoms. The van der Waals surface area contributed by atoms with Crippen molar-refractivity contribution in [3.63, 3.8) is 0 Å². The molecule has 1 aromatic carbocycles. The summed E-state index contributed by atoms with van der Waals surface area (Å²) in [5.41, 5.74) is 2.36. The van der Waals surface area contributed by atoms with Crippen molar-refractivity contribution in [1.29, 1.82) is 0 Å². The van der Waals surface area contributed by atoms with Gasteiger partial charge in [-0.25, -0.2) is 4.39 Å². The maximum Gasteiger partial charge on any atom is 0.137 e. The Morgan fingerprint density at radius 2 is 2.21 bits per heavy atom. The first-order valence-corrected chi connectivity index (χ1v) is 8.13. The highest BCUT2D eigenvalue weighted by Crippen LogP contribution is 2.24. The molecule has 4 heteroatoms. The second-order valence-electron chi connectivity index (χ2n) is 4.45. The third kappa shape index (κ3) is 4.13. The first-order chi connectivity index (χ1) is 9.20.